The molecule has 0 unspecified atom stereocenters. The Labute approximate surface area is 172 Å². The number of H-pyrrole nitrogens is 1. The minimum Gasteiger partial charge on any atom is -0.496 e. The van der Waals surface area contributed by atoms with Crippen LogP contribution in [0, 0.1) is 10.6 Å². The second kappa shape index (κ2) is 8.03. The van der Waals surface area contributed by atoms with Gasteiger partial charge in [0.25, 0.3) is 0 Å². The van der Waals surface area contributed by atoms with Gasteiger partial charge in [0.05, 0.1) is 19.3 Å². The minimum atomic E-state index is -0.221. The summed E-state index contributed by atoms with van der Waals surface area (Å²) in [5.41, 5.74) is 1.69. The predicted octanol–water partition coefficient (Wildman–Crippen LogP) is 5.03. The molecule has 1 fully saturated rings. The van der Waals surface area contributed by atoms with Crippen molar-refractivity contribution < 1.29 is 9.13 Å². The van der Waals surface area contributed by atoms with E-state index in [-0.39, 0.29) is 5.82 Å². The molecule has 1 aromatic heterocycles. The summed E-state index contributed by atoms with van der Waals surface area (Å²) >= 11 is 11.6. The lowest BCUT2D eigenvalue weighted by molar-refractivity contribution is 0.187. The highest BCUT2D eigenvalue weighted by Gasteiger charge is 2.29. The van der Waals surface area contributed by atoms with Crippen molar-refractivity contribution in [2.24, 2.45) is 0 Å². The minimum absolute atomic E-state index is 0.221. The first-order valence-electron chi connectivity index (χ1n) is 9.03. The third-order valence-corrected chi connectivity index (χ3v) is 5.30. The normalized spacial score (nSPS) is 13.9. The van der Waals surface area contributed by atoms with Crippen LogP contribution >= 0.6 is 23.8 Å². The molecule has 0 bridgehead atoms. The Morgan fingerprint density at radius 1 is 1.32 bits per heavy atom. The molecule has 3 aromatic rings. The number of aromatic nitrogens is 3. The lowest BCUT2D eigenvalue weighted by Gasteiger charge is -2.22. The number of ether oxygens (including phenoxy) is 1. The van der Waals surface area contributed by atoms with E-state index in [1.807, 2.05) is 10.7 Å². The van der Waals surface area contributed by atoms with Crippen LogP contribution in [0.1, 0.15) is 18.4 Å². The number of hydrogen-bond acceptors (Lipinski definition) is 4. The molecule has 0 spiro atoms. The predicted molar refractivity (Wildman–Crippen MR) is 109 cm³/mol. The summed E-state index contributed by atoms with van der Waals surface area (Å²) < 4.78 is 21.2. The zero-order valence-electron chi connectivity index (χ0n) is 15.4. The van der Waals surface area contributed by atoms with Gasteiger partial charge >= 0.3 is 0 Å². The molecule has 8 heteroatoms. The maximum atomic E-state index is 13.5. The third kappa shape index (κ3) is 4.27. The van der Waals surface area contributed by atoms with Crippen LogP contribution in [0.15, 0.2) is 42.5 Å². The van der Waals surface area contributed by atoms with E-state index < -0.39 is 0 Å². The van der Waals surface area contributed by atoms with Crippen LogP contribution in [-0.2, 0) is 13.2 Å². The molecule has 0 aliphatic heterocycles. The molecule has 0 saturated heterocycles. The third-order valence-electron chi connectivity index (χ3n) is 4.76. The summed E-state index contributed by atoms with van der Waals surface area (Å²) in [7, 11) is 1.60. The molecule has 28 heavy (non-hydrogen) atoms. The fraction of sp³-hybridized carbons (Fsp3) is 0.300. The summed E-state index contributed by atoms with van der Waals surface area (Å²) in [6.07, 6.45) is 2.26. The Kier molecular flexibility index (Phi) is 5.48. The largest absolute Gasteiger partial charge is 0.496 e. The van der Waals surface area contributed by atoms with Gasteiger partial charge in [-0.1, -0.05) is 23.7 Å². The number of nitrogens with zero attached hydrogens (tertiary/aromatic N) is 3. The van der Waals surface area contributed by atoms with Gasteiger partial charge in [0.1, 0.15) is 11.6 Å². The second-order valence-electron chi connectivity index (χ2n) is 6.88. The van der Waals surface area contributed by atoms with E-state index in [2.05, 4.69) is 15.0 Å². The number of rotatable bonds is 7. The first-order valence-corrected chi connectivity index (χ1v) is 9.81. The van der Waals surface area contributed by atoms with Crippen LogP contribution in [0.3, 0.4) is 0 Å². The number of nitrogens with one attached hydrogen (secondary N) is 1. The highest BCUT2D eigenvalue weighted by molar-refractivity contribution is 7.71. The van der Waals surface area contributed by atoms with Crippen LogP contribution < -0.4 is 4.74 Å². The Hall–Kier alpha value is -2.22. The number of benzene rings is 2. The molecular weight excluding hydrogens is 399 g/mol. The van der Waals surface area contributed by atoms with Crippen molar-refractivity contribution in [3.8, 4) is 17.1 Å². The number of methoxy groups -OCH3 is 1. The number of hydrogen-bond donors (Lipinski definition) is 1. The summed E-state index contributed by atoms with van der Waals surface area (Å²) in [5, 5.41) is 3.85. The second-order valence-corrected chi connectivity index (χ2v) is 7.68. The van der Waals surface area contributed by atoms with Gasteiger partial charge in [0.2, 0.25) is 4.77 Å². The van der Waals surface area contributed by atoms with E-state index in [1.165, 1.54) is 6.07 Å². The molecule has 5 nitrogen and oxygen atoms in total. The molecule has 1 heterocycles. The van der Waals surface area contributed by atoms with Crippen molar-refractivity contribution in [3.63, 3.8) is 0 Å². The van der Waals surface area contributed by atoms with Gasteiger partial charge in [0, 0.05) is 17.6 Å². The maximum Gasteiger partial charge on any atom is 0.217 e. The van der Waals surface area contributed by atoms with Gasteiger partial charge in [0.15, 0.2) is 5.82 Å². The summed E-state index contributed by atoms with van der Waals surface area (Å²) in [6.45, 7) is 1.20. The first kappa shape index (κ1) is 19.1. The van der Waals surface area contributed by atoms with Crippen molar-refractivity contribution in [1.82, 2.24) is 19.7 Å². The number of aromatic amines is 1. The Morgan fingerprint density at radius 3 is 2.86 bits per heavy atom. The number of halogens is 2. The van der Waals surface area contributed by atoms with Crippen LogP contribution in [0.25, 0.3) is 11.4 Å². The summed E-state index contributed by atoms with van der Waals surface area (Å²) in [6, 6.07) is 12.5. The average molecular weight is 419 g/mol. The van der Waals surface area contributed by atoms with Gasteiger partial charge in [-0.15, -0.1) is 0 Å². The standard InChI is InChI=1S/C20H20ClFN4OS/c1-27-18-8-5-14(21)10-17(18)19-23-20(28)26(24-19)12-25(16-6-7-16)11-13-3-2-4-15(22)9-13/h2-5,8-10,16H,6-7,11-12H2,1H3,(H,23,24,28). The van der Waals surface area contributed by atoms with Crippen LogP contribution in [-0.4, -0.2) is 32.8 Å². The molecule has 1 aliphatic carbocycles. The average Bonchev–Trinajstić information content (AvgIpc) is 3.45. The van der Waals surface area contributed by atoms with E-state index in [4.69, 9.17) is 28.6 Å². The molecule has 1 saturated carbocycles. The SMILES string of the molecule is COc1ccc(Cl)cc1-c1nc(=S)n(CN(Cc2cccc(F)c2)C2CC2)[nH]1. The van der Waals surface area contributed by atoms with E-state index in [0.717, 1.165) is 24.0 Å². The highest BCUT2D eigenvalue weighted by atomic mass is 35.5. The zero-order chi connectivity index (χ0) is 19.7. The fourth-order valence-electron chi connectivity index (χ4n) is 3.22. The fourth-order valence-corrected chi connectivity index (χ4v) is 3.59. The van der Waals surface area contributed by atoms with Crippen LogP contribution in [0.2, 0.25) is 5.02 Å². The monoisotopic (exact) mass is 418 g/mol. The topological polar surface area (TPSA) is 46.1 Å². The zero-order valence-corrected chi connectivity index (χ0v) is 16.9. The molecule has 146 valence electrons. The summed E-state index contributed by atoms with van der Waals surface area (Å²) in [4.78, 5) is 6.76. The molecule has 0 amide bonds. The maximum absolute atomic E-state index is 13.5. The first-order chi connectivity index (χ1) is 13.5. The smallest absolute Gasteiger partial charge is 0.217 e. The van der Waals surface area contributed by atoms with Crippen molar-refractivity contribution >= 4 is 23.8 Å². The Morgan fingerprint density at radius 2 is 2.14 bits per heavy atom. The highest BCUT2D eigenvalue weighted by Crippen LogP contribution is 2.31. The van der Waals surface area contributed by atoms with Crippen LogP contribution in [0.4, 0.5) is 4.39 Å². The molecule has 4 rings (SSSR count). The van der Waals surface area contributed by atoms with Crippen molar-refractivity contribution in [2.45, 2.75) is 32.1 Å². The van der Waals surface area contributed by atoms with Gasteiger partial charge in [-0.05, 0) is 61.0 Å². The molecule has 0 radical (unpaired) electrons. The van der Waals surface area contributed by atoms with Crippen LogP contribution in [0.5, 0.6) is 5.75 Å². The Balaban J connectivity index is 1.59. The molecule has 2 aromatic carbocycles. The van der Waals surface area contributed by atoms with Crippen molar-refractivity contribution in [1.29, 1.82) is 0 Å². The van der Waals surface area contributed by atoms with E-state index in [0.29, 0.717) is 40.6 Å². The van der Waals surface area contributed by atoms with Crippen molar-refractivity contribution in [2.75, 3.05) is 7.11 Å². The van der Waals surface area contributed by atoms with Gasteiger partial charge in [-0.2, -0.15) is 4.98 Å². The lowest BCUT2D eigenvalue weighted by Crippen LogP contribution is -2.29. The lowest BCUT2D eigenvalue weighted by atomic mass is 10.2. The quantitative estimate of drug-likeness (QED) is 0.546. The van der Waals surface area contributed by atoms with Crippen molar-refractivity contribution in [3.05, 3.63) is 63.6 Å². The van der Waals surface area contributed by atoms with Gasteiger partial charge in [-0.25, -0.2) is 9.07 Å². The molecular formula is C20H20ClFN4OS. The molecule has 0 atom stereocenters. The summed E-state index contributed by atoms with van der Waals surface area (Å²) in [5.74, 6) is 1.05. The van der Waals surface area contributed by atoms with Gasteiger partial charge in [-0.3, -0.25) is 10.00 Å². The molecule has 1 aliphatic rings. The van der Waals surface area contributed by atoms with E-state index in [9.17, 15) is 4.39 Å². The van der Waals surface area contributed by atoms with E-state index >= 15 is 0 Å². The molecule has 1 N–H and O–H groups in total. The Bertz CT molecular complexity index is 1050. The van der Waals surface area contributed by atoms with E-state index in [1.54, 1.807) is 37.4 Å². The van der Waals surface area contributed by atoms with Gasteiger partial charge < -0.3 is 4.74 Å².